The van der Waals surface area contributed by atoms with Crippen molar-refractivity contribution in [2.75, 3.05) is 5.32 Å². The van der Waals surface area contributed by atoms with E-state index in [-0.39, 0.29) is 47.6 Å². The number of nitrogens with one attached hydrogen (secondary N) is 1. The molecule has 8 rings (SSSR count). The van der Waals surface area contributed by atoms with E-state index in [0.29, 0.717) is 33.8 Å². The Hall–Kier alpha value is -5.41. The van der Waals surface area contributed by atoms with Crippen molar-refractivity contribution in [2.45, 2.75) is 175 Å². The average Bonchev–Trinajstić information content (AvgIpc) is 3.46. The highest BCUT2D eigenvalue weighted by molar-refractivity contribution is 6.28. The van der Waals surface area contributed by atoms with Crippen LogP contribution < -0.4 is 14.8 Å². The fourth-order valence-corrected chi connectivity index (χ4v) is 12.0. The minimum atomic E-state index is -1.46. The third kappa shape index (κ3) is 9.05. The van der Waals surface area contributed by atoms with Gasteiger partial charge in [-0.2, -0.15) is 9.97 Å². The Morgan fingerprint density at radius 3 is 1.91 bits per heavy atom. The summed E-state index contributed by atoms with van der Waals surface area (Å²) in [5.41, 5.74) is 1.20. The van der Waals surface area contributed by atoms with Crippen LogP contribution in [0.2, 0.25) is 5.28 Å². The minimum Gasteiger partial charge on any atom is -0.455 e. The Morgan fingerprint density at radius 1 is 0.806 bits per heavy atom. The van der Waals surface area contributed by atoms with Crippen LogP contribution in [0.5, 0.6) is 11.5 Å². The lowest BCUT2D eigenvalue weighted by Gasteiger charge is -2.49. The molecule has 1 spiro atoms. The number of nitrogens with zero attached hydrogens (tertiary/aromatic N) is 4. The van der Waals surface area contributed by atoms with E-state index in [1.165, 1.54) is 39.4 Å². The third-order valence-corrected chi connectivity index (χ3v) is 14.8. The van der Waals surface area contributed by atoms with Crippen molar-refractivity contribution < 1.29 is 47.7 Å². The van der Waals surface area contributed by atoms with Gasteiger partial charge < -0.3 is 29.0 Å². The van der Waals surface area contributed by atoms with Crippen LogP contribution in [-0.4, -0.2) is 66.6 Å². The molecule has 4 fully saturated rings. The number of carbonyl (C=O) groups excluding carboxylic acids is 5. The van der Waals surface area contributed by atoms with Crippen LogP contribution >= 0.6 is 11.6 Å². The molecule has 0 radical (unpaired) electrons. The Kier molecular flexibility index (Phi) is 12.4. The van der Waals surface area contributed by atoms with E-state index >= 15 is 0 Å². The van der Waals surface area contributed by atoms with Gasteiger partial charge in [0.15, 0.2) is 34.3 Å². The first-order chi connectivity index (χ1) is 31.4. The number of rotatable bonds is 13. The number of esters is 4. The number of halogens is 1. The van der Waals surface area contributed by atoms with Crippen molar-refractivity contribution >= 4 is 58.4 Å². The maximum atomic E-state index is 14.4. The first-order valence-corrected chi connectivity index (χ1v) is 23.6. The van der Waals surface area contributed by atoms with Crippen molar-refractivity contribution in [3.63, 3.8) is 0 Å². The van der Waals surface area contributed by atoms with Gasteiger partial charge in [-0.05, 0) is 112 Å². The number of carbonyl (C=O) groups is 5. The number of hydrogen-bond donors (Lipinski definition) is 1. The van der Waals surface area contributed by atoms with Gasteiger partial charge in [0.1, 0.15) is 17.7 Å². The normalized spacial score (nSPS) is 23.3. The maximum absolute atomic E-state index is 14.4. The topological polar surface area (TPSA) is 187 Å². The first kappa shape index (κ1) is 48.1. The molecule has 4 aliphatic rings. The number of aromatic nitrogens is 4. The molecule has 1 saturated heterocycles. The summed E-state index contributed by atoms with van der Waals surface area (Å²) in [6.07, 6.45) is 7.14. The second-order valence-corrected chi connectivity index (χ2v) is 21.5. The fraction of sp³-hybridized carbons (Fsp3) is 0.569. The van der Waals surface area contributed by atoms with E-state index in [1.807, 2.05) is 67.5 Å². The molecule has 67 heavy (non-hydrogen) atoms. The number of amides is 1. The fourth-order valence-electron chi connectivity index (χ4n) is 11.9. The van der Waals surface area contributed by atoms with Crippen molar-refractivity contribution in [3.05, 3.63) is 69.3 Å². The second-order valence-electron chi connectivity index (χ2n) is 21.2. The molecule has 1 unspecified atom stereocenters. The summed E-state index contributed by atoms with van der Waals surface area (Å²) >= 11 is 6.51. The molecular formula is C51H62ClN5O10. The summed E-state index contributed by atoms with van der Waals surface area (Å²) in [6, 6.07) is 7.48. The molecule has 1 amide bonds. The van der Waals surface area contributed by atoms with Gasteiger partial charge in [-0.15, -0.1) is 0 Å². The Labute approximate surface area is 396 Å². The zero-order valence-electron chi connectivity index (χ0n) is 40.4. The Bertz CT molecular complexity index is 2700. The lowest BCUT2D eigenvalue weighted by Crippen LogP contribution is -2.44. The van der Waals surface area contributed by atoms with Gasteiger partial charge >= 0.3 is 23.9 Å². The van der Waals surface area contributed by atoms with Gasteiger partial charge in [-0.3, -0.25) is 28.5 Å². The molecule has 15 nitrogen and oxygen atoms in total. The molecule has 1 N–H and O–H groups in total. The molecule has 2 aromatic heterocycles. The average molecular weight is 941 g/mol. The Morgan fingerprint density at radius 2 is 1.36 bits per heavy atom. The number of ether oxygens (including phenoxy) is 5. The number of imidazole rings is 1. The van der Waals surface area contributed by atoms with E-state index < -0.39 is 58.2 Å². The quantitative estimate of drug-likeness (QED) is 0.0759. The lowest BCUT2D eigenvalue weighted by molar-refractivity contribution is -0.162. The first-order valence-electron chi connectivity index (χ1n) is 23.3. The SMILES string of the molecule is CC(=O)Oc1cc(C)cc(C)c1C(C)(C)CC(=O)OC1[C@@]2(C)O[C@@H](n3cnc4c(NC(=O)C5CC6(CCCCC6)C5)nc(Cl)nc43)C[C@@]12OC(=O)CC(C)(C)c1c(C)cc(C)cc1OC(C)=O. The van der Waals surface area contributed by atoms with Crippen LogP contribution in [-0.2, 0) is 49.0 Å². The standard InChI is InChI=1S/C51H62ClN5O10/c1-27-17-29(3)39(34(19-27)63-31(5)58)47(7,8)24-37(60)65-45-49(11)51(45,67-38(61)25-48(9,10)40-30(4)18-28(2)20-35(40)64-32(6)59)23-36(66-49)57-26-53-41-42(55-46(52)56-43(41)57)54-44(62)33-21-50(22-33)15-13-12-14-16-50/h17-20,26,33,36,45H,12-16,21-25H2,1-11H3,(H,54,55,56,62)/t36-,45?,49-,51-/m1/s1. The van der Waals surface area contributed by atoms with Crippen LogP contribution in [0.15, 0.2) is 30.6 Å². The van der Waals surface area contributed by atoms with Gasteiger partial charge in [-0.25, -0.2) is 4.98 Å². The number of hydrogen-bond acceptors (Lipinski definition) is 13. The molecule has 358 valence electrons. The van der Waals surface area contributed by atoms with Gasteiger partial charge in [0.25, 0.3) is 0 Å². The lowest BCUT2D eigenvalue weighted by atomic mass is 9.55. The second kappa shape index (κ2) is 17.3. The highest BCUT2D eigenvalue weighted by Crippen LogP contribution is 2.66. The number of benzene rings is 2. The Balaban J connectivity index is 1.07. The highest BCUT2D eigenvalue weighted by atomic mass is 35.5. The van der Waals surface area contributed by atoms with Gasteiger partial charge in [0, 0.05) is 48.1 Å². The minimum absolute atomic E-state index is 0.0336. The van der Waals surface area contributed by atoms with E-state index in [4.69, 9.17) is 35.3 Å². The molecular weight excluding hydrogens is 878 g/mol. The smallest absolute Gasteiger partial charge is 0.308 e. The summed E-state index contributed by atoms with van der Waals surface area (Å²) < 4.78 is 32.5. The largest absolute Gasteiger partial charge is 0.455 e. The van der Waals surface area contributed by atoms with Crippen LogP contribution in [0.4, 0.5) is 5.82 Å². The van der Waals surface area contributed by atoms with E-state index in [1.54, 1.807) is 23.6 Å². The molecule has 3 saturated carbocycles. The van der Waals surface area contributed by atoms with Gasteiger partial charge in [-0.1, -0.05) is 59.1 Å². The van der Waals surface area contributed by atoms with Gasteiger partial charge in [0.2, 0.25) is 11.2 Å². The van der Waals surface area contributed by atoms with E-state index in [0.717, 1.165) is 47.9 Å². The van der Waals surface area contributed by atoms with Crippen LogP contribution in [0.25, 0.3) is 11.2 Å². The predicted molar refractivity (Wildman–Crippen MR) is 249 cm³/mol. The van der Waals surface area contributed by atoms with Crippen molar-refractivity contribution in [1.29, 1.82) is 0 Å². The van der Waals surface area contributed by atoms with E-state index in [9.17, 15) is 24.0 Å². The summed E-state index contributed by atoms with van der Waals surface area (Å²) in [6.45, 7) is 19.5. The van der Waals surface area contributed by atoms with Crippen LogP contribution in [0.1, 0.15) is 152 Å². The summed E-state index contributed by atoms with van der Waals surface area (Å²) in [5, 5.41) is 2.87. The number of anilines is 1. The van der Waals surface area contributed by atoms with Crippen molar-refractivity contribution in [3.8, 4) is 11.5 Å². The maximum Gasteiger partial charge on any atom is 0.308 e. The molecule has 0 bridgehead atoms. The molecule has 3 heterocycles. The summed E-state index contributed by atoms with van der Waals surface area (Å²) in [5.74, 6) is -1.47. The van der Waals surface area contributed by atoms with Crippen molar-refractivity contribution in [1.82, 2.24) is 19.5 Å². The number of aryl methyl sites for hydroxylation is 4. The highest BCUT2D eigenvalue weighted by Gasteiger charge is 2.86. The van der Waals surface area contributed by atoms with Crippen LogP contribution in [0, 0.1) is 39.0 Å². The third-order valence-electron chi connectivity index (χ3n) is 14.6. The zero-order chi connectivity index (χ0) is 48.6. The van der Waals surface area contributed by atoms with Crippen molar-refractivity contribution in [2.24, 2.45) is 11.3 Å². The number of fused-ring (bicyclic) bond motifs is 2. The molecule has 16 heteroatoms. The van der Waals surface area contributed by atoms with E-state index in [2.05, 4.69) is 20.3 Å². The zero-order valence-corrected chi connectivity index (χ0v) is 41.2. The molecule has 1 aliphatic heterocycles. The molecule has 4 aromatic rings. The molecule has 4 atom stereocenters. The van der Waals surface area contributed by atoms with Gasteiger partial charge in [0.05, 0.1) is 19.2 Å². The molecule has 3 aliphatic carbocycles. The monoisotopic (exact) mass is 939 g/mol. The molecule has 2 aromatic carbocycles. The predicted octanol–water partition coefficient (Wildman–Crippen LogP) is 9.48. The summed E-state index contributed by atoms with van der Waals surface area (Å²) in [7, 11) is 0. The van der Waals surface area contributed by atoms with Crippen LogP contribution in [0.3, 0.4) is 0 Å². The summed E-state index contributed by atoms with van der Waals surface area (Å²) in [4.78, 5) is 79.9.